The molecule has 0 N–H and O–H groups in total. The van der Waals surface area contributed by atoms with E-state index in [9.17, 15) is 4.79 Å². The maximum absolute atomic E-state index is 10.9. The van der Waals surface area contributed by atoms with E-state index in [0.29, 0.717) is 0 Å². The van der Waals surface area contributed by atoms with E-state index in [-0.39, 0.29) is 5.04 Å². The van der Waals surface area contributed by atoms with Gasteiger partial charge in [0.2, 0.25) is 0 Å². The molecular weight excluding hydrogens is 168 g/mol. The number of carbonyl (C=O) groups excluding carboxylic acids is 1. The Morgan fingerprint density at radius 3 is 2.08 bits per heavy atom. The fraction of sp³-hybridized carbons (Fsp3) is 0.667. The third-order valence-electron chi connectivity index (χ3n) is 2.27. The Labute approximate surface area is 75.4 Å². The van der Waals surface area contributed by atoms with Gasteiger partial charge < -0.3 is 4.43 Å². The predicted octanol–water partition coefficient (Wildman–Crippen LogP) is 2.17. The van der Waals surface area contributed by atoms with Crippen molar-refractivity contribution in [1.29, 1.82) is 0 Å². The summed E-state index contributed by atoms with van der Waals surface area (Å²) >= 11 is 0. The first kappa shape index (κ1) is 11.2. The van der Waals surface area contributed by atoms with Gasteiger partial charge in [-0.3, -0.25) is 0 Å². The SMILES string of the molecule is C#CC(=O)O[Si](C)(C)C(C)(C)C. The van der Waals surface area contributed by atoms with Gasteiger partial charge in [-0.2, -0.15) is 0 Å². The van der Waals surface area contributed by atoms with E-state index in [0.717, 1.165) is 0 Å². The van der Waals surface area contributed by atoms with Crippen LogP contribution in [0.25, 0.3) is 0 Å². The minimum Gasteiger partial charge on any atom is -0.510 e. The van der Waals surface area contributed by atoms with Crippen molar-refractivity contribution in [3.8, 4) is 12.3 Å². The number of rotatable bonds is 1. The summed E-state index contributed by atoms with van der Waals surface area (Å²) in [5, 5.41) is 0.0273. The first-order valence-corrected chi connectivity index (χ1v) is 6.81. The summed E-state index contributed by atoms with van der Waals surface area (Å²) in [5.74, 6) is 1.43. The van der Waals surface area contributed by atoms with Crippen molar-refractivity contribution in [1.82, 2.24) is 0 Å². The van der Waals surface area contributed by atoms with Crippen molar-refractivity contribution in [3.05, 3.63) is 0 Å². The van der Waals surface area contributed by atoms with E-state index < -0.39 is 14.3 Å². The Bertz CT molecular complexity index is 218. The van der Waals surface area contributed by atoms with Gasteiger partial charge in [0.25, 0.3) is 8.32 Å². The van der Waals surface area contributed by atoms with Gasteiger partial charge in [0.05, 0.1) is 0 Å². The lowest BCUT2D eigenvalue weighted by atomic mass is 10.2. The zero-order valence-electron chi connectivity index (χ0n) is 8.39. The van der Waals surface area contributed by atoms with Gasteiger partial charge >= 0.3 is 5.97 Å². The lowest BCUT2D eigenvalue weighted by molar-refractivity contribution is -0.129. The van der Waals surface area contributed by atoms with Crippen LogP contribution in [0.2, 0.25) is 18.1 Å². The average molecular weight is 184 g/mol. The molecule has 68 valence electrons. The molecule has 0 aromatic heterocycles. The normalized spacial score (nSPS) is 12.0. The van der Waals surface area contributed by atoms with E-state index >= 15 is 0 Å². The first-order chi connectivity index (χ1) is 5.20. The molecule has 0 rings (SSSR count). The summed E-state index contributed by atoms with van der Waals surface area (Å²) in [6, 6.07) is 0. The van der Waals surface area contributed by atoms with E-state index in [1.807, 2.05) is 19.0 Å². The Morgan fingerprint density at radius 2 is 1.83 bits per heavy atom. The molecule has 0 saturated heterocycles. The van der Waals surface area contributed by atoms with Gasteiger partial charge in [0.15, 0.2) is 0 Å². The summed E-state index contributed by atoms with van der Waals surface area (Å²) in [5.41, 5.74) is 0. The van der Waals surface area contributed by atoms with Crippen LogP contribution in [0.3, 0.4) is 0 Å². The van der Waals surface area contributed by atoms with E-state index in [1.165, 1.54) is 0 Å². The first-order valence-electron chi connectivity index (χ1n) is 3.90. The van der Waals surface area contributed by atoms with Crippen LogP contribution in [0.1, 0.15) is 20.8 Å². The summed E-state index contributed by atoms with van der Waals surface area (Å²) < 4.78 is 5.22. The molecule has 0 unspecified atom stereocenters. The van der Waals surface area contributed by atoms with Crippen LogP contribution in [-0.4, -0.2) is 14.3 Å². The second kappa shape index (κ2) is 3.32. The highest BCUT2D eigenvalue weighted by Gasteiger charge is 2.40. The van der Waals surface area contributed by atoms with Crippen LogP contribution >= 0.6 is 0 Å². The quantitative estimate of drug-likeness (QED) is 0.461. The highest BCUT2D eigenvalue weighted by molar-refractivity contribution is 6.75. The Morgan fingerprint density at radius 1 is 1.42 bits per heavy atom. The van der Waals surface area contributed by atoms with Crippen LogP contribution in [0.15, 0.2) is 0 Å². The maximum atomic E-state index is 10.9. The van der Waals surface area contributed by atoms with Crippen LogP contribution in [-0.2, 0) is 9.22 Å². The van der Waals surface area contributed by atoms with Crippen molar-refractivity contribution < 1.29 is 9.22 Å². The second-order valence-corrected chi connectivity index (χ2v) is 9.02. The standard InChI is InChI=1S/C9H16O2Si/c1-7-8(10)11-12(5,6)9(2,3)4/h1H,2-6H3. The van der Waals surface area contributed by atoms with E-state index in [1.54, 1.807) is 0 Å². The lowest BCUT2D eigenvalue weighted by Gasteiger charge is -2.34. The average Bonchev–Trinajstić information content (AvgIpc) is 1.84. The Kier molecular flexibility index (Phi) is 3.11. The second-order valence-electron chi connectivity index (χ2n) is 4.29. The lowest BCUT2D eigenvalue weighted by Crippen LogP contribution is -2.42. The number of carbonyl (C=O) groups is 1. The molecule has 2 nitrogen and oxygen atoms in total. The molecule has 0 atom stereocenters. The molecule has 0 spiro atoms. The Balaban J connectivity index is 4.46. The van der Waals surface area contributed by atoms with Crippen LogP contribution in [0.4, 0.5) is 0 Å². The minimum atomic E-state index is -1.98. The fourth-order valence-electron chi connectivity index (χ4n) is 0.414. The summed E-state index contributed by atoms with van der Waals surface area (Å²) in [6.45, 7) is 10.2. The third kappa shape index (κ3) is 2.71. The van der Waals surface area contributed by atoms with Crippen LogP contribution < -0.4 is 0 Å². The molecule has 0 aromatic carbocycles. The smallest absolute Gasteiger partial charge is 0.370 e. The van der Waals surface area contributed by atoms with Gasteiger partial charge in [-0.05, 0) is 18.1 Å². The third-order valence-corrected chi connectivity index (χ3v) is 6.58. The molecule has 12 heavy (non-hydrogen) atoms. The zero-order chi connectivity index (χ0) is 9.99. The summed E-state index contributed by atoms with van der Waals surface area (Å²) in [6.07, 6.45) is 4.92. The van der Waals surface area contributed by atoms with Crippen molar-refractivity contribution in [2.45, 2.75) is 38.9 Å². The molecule has 0 aliphatic carbocycles. The largest absolute Gasteiger partial charge is 0.510 e. The van der Waals surface area contributed by atoms with E-state index in [2.05, 4.69) is 20.8 Å². The topological polar surface area (TPSA) is 26.3 Å². The predicted molar refractivity (Wildman–Crippen MR) is 52.1 cm³/mol. The van der Waals surface area contributed by atoms with Gasteiger partial charge in [-0.15, -0.1) is 6.42 Å². The number of hydrogen-bond acceptors (Lipinski definition) is 2. The van der Waals surface area contributed by atoms with Crippen molar-refractivity contribution in [2.24, 2.45) is 0 Å². The monoisotopic (exact) mass is 184 g/mol. The molecule has 0 fully saturated rings. The molecule has 0 radical (unpaired) electrons. The van der Waals surface area contributed by atoms with Crippen LogP contribution in [0.5, 0.6) is 0 Å². The molecule has 3 heteroatoms. The van der Waals surface area contributed by atoms with Crippen molar-refractivity contribution >= 4 is 14.3 Å². The molecule has 0 amide bonds. The molecule has 0 aromatic rings. The molecule has 0 bridgehead atoms. The highest BCUT2D eigenvalue weighted by atomic mass is 28.4. The van der Waals surface area contributed by atoms with Gasteiger partial charge in [-0.25, -0.2) is 4.79 Å². The molecule has 0 aliphatic heterocycles. The Hall–Kier alpha value is -0.753. The molecular formula is C9H16O2Si. The fourth-order valence-corrected chi connectivity index (χ4v) is 1.24. The maximum Gasteiger partial charge on any atom is 0.370 e. The van der Waals surface area contributed by atoms with Gasteiger partial charge in [0.1, 0.15) is 0 Å². The zero-order valence-corrected chi connectivity index (χ0v) is 9.39. The molecule has 0 saturated carbocycles. The van der Waals surface area contributed by atoms with Gasteiger partial charge in [-0.1, -0.05) is 20.8 Å². The number of terminal acetylenes is 1. The van der Waals surface area contributed by atoms with Gasteiger partial charge in [0, 0.05) is 5.92 Å². The molecule has 0 heterocycles. The van der Waals surface area contributed by atoms with E-state index in [4.69, 9.17) is 10.8 Å². The highest BCUT2D eigenvalue weighted by Crippen LogP contribution is 2.36. The summed E-state index contributed by atoms with van der Waals surface area (Å²) in [7, 11) is -1.98. The summed E-state index contributed by atoms with van der Waals surface area (Å²) in [4.78, 5) is 10.9. The molecule has 0 aliphatic rings. The number of hydrogen-bond donors (Lipinski definition) is 0. The van der Waals surface area contributed by atoms with Crippen molar-refractivity contribution in [2.75, 3.05) is 0 Å². The van der Waals surface area contributed by atoms with Crippen LogP contribution in [0, 0.1) is 12.3 Å². The van der Waals surface area contributed by atoms with Crippen molar-refractivity contribution in [3.63, 3.8) is 0 Å². The minimum absolute atomic E-state index is 0.0273.